The predicted molar refractivity (Wildman–Crippen MR) is 49.0 cm³/mol. The van der Waals surface area contributed by atoms with Gasteiger partial charge in [0.15, 0.2) is 0 Å². The van der Waals surface area contributed by atoms with Gasteiger partial charge >= 0.3 is 0 Å². The maximum Gasteiger partial charge on any atom is 0.246 e. The Labute approximate surface area is 74.5 Å². The van der Waals surface area contributed by atoms with Crippen molar-refractivity contribution in [3.05, 3.63) is 0 Å². The number of amides is 1. The molecule has 0 aliphatic heterocycles. The van der Waals surface area contributed by atoms with E-state index in [1.807, 2.05) is 34.6 Å². The number of hydrogen-bond donors (Lipinski definition) is 1. The van der Waals surface area contributed by atoms with Crippen LogP contribution in [0.4, 0.5) is 0 Å². The van der Waals surface area contributed by atoms with Gasteiger partial charge in [0.25, 0.3) is 0 Å². The minimum absolute atomic E-state index is 0.0591. The molecule has 0 heterocycles. The molecule has 0 rings (SSSR count). The molecule has 0 aliphatic rings. The third kappa shape index (κ3) is 7.54. The van der Waals surface area contributed by atoms with Crippen LogP contribution in [-0.4, -0.2) is 24.2 Å². The first kappa shape index (κ1) is 11.4. The zero-order chi connectivity index (χ0) is 9.78. The van der Waals surface area contributed by atoms with E-state index in [0.29, 0.717) is 0 Å². The van der Waals surface area contributed by atoms with E-state index in [-0.39, 0.29) is 24.2 Å². The number of carbonyl (C=O) groups excluding carboxylic acids is 1. The lowest BCUT2D eigenvalue weighted by molar-refractivity contribution is -0.128. The SMILES string of the molecule is CC(C)OCC(=O)NC(C)(C)C. The minimum Gasteiger partial charge on any atom is -0.369 e. The van der Waals surface area contributed by atoms with Crippen molar-refractivity contribution in [3.8, 4) is 0 Å². The second-order valence-electron chi connectivity index (χ2n) is 4.16. The van der Waals surface area contributed by atoms with Crippen LogP contribution in [0.15, 0.2) is 0 Å². The zero-order valence-electron chi connectivity index (χ0n) is 8.60. The first-order valence-electron chi connectivity index (χ1n) is 4.24. The van der Waals surface area contributed by atoms with Crippen molar-refractivity contribution in [1.82, 2.24) is 5.32 Å². The van der Waals surface area contributed by atoms with Crippen molar-refractivity contribution in [2.24, 2.45) is 0 Å². The van der Waals surface area contributed by atoms with Crippen LogP contribution in [0.25, 0.3) is 0 Å². The molecule has 0 aromatic rings. The fourth-order valence-corrected chi connectivity index (χ4v) is 0.697. The van der Waals surface area contributed by atoms with Gasteiger partial charge in [0, 0.05) is 5.54 Å². The van der Waals surface area contributed by atoms with E-state index in [1.54, 1.807) is 0 Å². The lowest BCUT2D eigenvalue weighted by atomic mass is 10.1. The summed E-state index contributed by atoms with van der Waals surface area (Å²) >= 11 is 0. The Kier molecular flexibility index (Phi) is 4.24. The summed E-state index contributed by atoms with van der Waals surface area (Å²) in [7, 11) is 0. The average molecular weight is 173 g/mol. The molecule has 0 radical (unpaired) electrons. The first-order chi connectivity index (χ1) is 5.31. The van der Waals surface area contributed by atoms with E-state index in [2.05, 4.69) is 5.32 Å². The second-order valence-corrected chi connectivity index (χ2v) is 4.16. The summed E-state index contributed by atoms with van der Waals surface area (Å²) in [6.07, 6.45) is 0.107. The molecule has 3 nitrogen and oxygen atoms in total. The summed E-state index contributed by atoms with van der Waals surface area (Å²) in [4.78, 5) is 11.1. The summed E-state index contributed by atoms with van der Waals surface area (Å²) in [5.41, 5.74) is -0.169. The molecule has 72 valence electrons. The second kappa shape index (κ2) is 4.45. The van der Waals surface area contributed by atoms with Gasteiger partial charge < -0.3 is 10.1 Å². The normalized spacial score (nSPS) is 11.8. The fraction of sp³-hybridized carbons (Fsp3) is 0.889. The lowest BCUT2D eigenvalue weighted by Gasteiger charge is -2.20. The van der Waals surface area contributed by atoms with Crippen molar-refractivity contribution in [2.75, 3.05) is 6.61 Å². The van der Waals surface area contributed by atoms with Gasteiger partial charge in [0.05, 0.1) is 6.10 Å². The van der Waals surface area contributed by atoms with Crippen LogP contribution in [0.3, 0.4) is 0 Å². The molecule has 0 aromatic heterocycles. The van der Waals surface area contributed by atoms with Gasteiger partial charge in [-0.3, -0.25) is 4.79 Å². The lowest BCUT2D eigenvalue weighted by Crippen LogP contribution is -2.42. The Balaban J connectivity index is 3.61. The predicted octanol–water partition coefficient (Wildman–Crippen LogP) is 1.33. The van der Waals surface area contributed by atoms with Gasteiger partial charge in [-0.1, -0.05) is 0 Å². The van der Waals surface area contributed by atoms with E-state index in [1.165, 1.54) is 0 Å². The molecule has 0 saturated heterocycles. The fourth-order valence-electron chi connectivity index (χ4n) is 0.697. The molecule has 3 heteroatoms. The smallest absolute Gasteiger partial charge is 0.246 e. The van der Waals surface area contributed by atoms with E-state index in [4.69, 9.17) is 4.74 Å². The molecular weight excluding hydrogens is 154 g/mol. The molecule has 1 N–H and O–H groups in total. The Morgan fingerprint density at radius 2 is 1.92 bits per heavy atom. The molecule has 0 spiro atoms. The molecule has 0 atom stereocenters. The van der Waals surface area contributed by atoms with Gasteiger partial charge in [-0.2, -0.15) is 0 Å². The van der Waals surface area contributed by atoms with Crippen molar-refractivity contribution < 1.29 is 9.53 Å². The van der Waals surface area contributed by atoms with Crippen molar-refractivity contribution in [2.45, 2.75) is 46.3 Å². The highest BCUT2D eigenvalue weighted by Crippen LogP contribution is 1.98. The number of ether oxygens (including phenoxy) is 1. The first-order valence-corrected chi connectivity index (χ1v) is 4.24. The van der Waals surface area contributed by atoms with Gasteiger partial charge in [0.2, 0.25) is 5.91 Å². The van der Waals surface area contributed by atoms with E-state index >= 15 is 0 Å². The Morgan fingerprint density at radius 1 is 1.42 bits per heavy atom. The molecule has 0 unspecified atom stereocenters. The summed E-state index contributed by atoms with van der Waals surface area (Å²) in [5, 5.41) is 2.81. The van der Waals surface area contributed by atoms with Crippen LogP contribution in [-0.2, 0) is 9.53 Å². The maximum atomic E-state index is 11.1. The molecule has 0 bridgehead atoms. The maximum absolute atomic E-state index is 11.1. The monoisotopic (exact) mass is 173 g/mol. The average Bonchev–Trinajstić information content (AvgIpc) is 1.79. The molecule has 1 amide bonds. The summed E-state index contributed by atoms with van der Waals surface area (Å²) in [6.45, 7) is 9.80. The molecule has 0 aliphatic carbocycles. The third-order valence-electron chi connectivity index (χ3n) is 1.06. The van der Waals surface area contributed by atoms with Crippen LogP contribution in [0, 0.1) is 0 Å². The molecular formula is C9H19NO2. The molecule has 0 saturated carbocycles. The highest BCUT2D eigenvalue weighted by atomic mass is 16.5. The van der Waals surface area contributed by atoms with Crippen molar-refractivity contribution >= 4 is 5.91 Å². The van der Waals surface area contributed by atoms with Gasteiger partial charge in [-0.25, -0.2) is 0 Å². The molecule has 12 heavy (non-hydrogen) atoms. The Hall–Kier alpha value is -0.570. The Morgan fingerprint density at radius 3 is 2.25 bits per heavy atom. The largest absolute Gasteiger partial charge is 0.369 e. The third-order valence-corrected chi connectivity index (χ3v) is 1.06. The topological polar surface area (TPSA) is 38.3 Å². The van der Waals surface area contributed by atoms with E-state index < -0.39 is 0 Å². The number of nitrogens with one attached hydrogen (secondary N) is 1. The number of hydrogen-bond acceptors (Lipinski definition) is 2. The van der Waals surface area contributed by atoms with E-state index in [0.717, 1.165) is 0 Å². The quantitative estimate of drug-likeness (QED) is 0.699. The zero-order valence-corrected chi connectivity index (χ0v) is 8.60. The van der Waals surface area contributed by atoms with Crippen LogP contribution >= 0.6 is 0 Å². The standard InChI is InChI=1S/C9H19NO2/c1-7(2)12-6-8(11)10-9(3,4)5/h7H,6H2,1-5H3,(H,10,11). The highest BCUT2D eigenvalue weighted by Gasteiger charge is 2.13. The van der Waals surface area contributed by atoms with Crippen molar-refractivity contribution in [3.63, 3.8) is 0 Å². The summed E-state index contributed by atoms with van der Waals surface area (Å²) in [6, 6.07) is 0. The van der Waals surface area contributed by atoms with Gasteiger partial charge in [0.1, 0.15) is 6.61 Å². The molecule has 0 fully saturated rings. The highest BCUT2D eigenvalue weighted by molar-refractivity contribution is 5.77. The van der Waals surface area contributed by atoms with Gasteiger partial charge in [-0.15, -0.1) is 0 Å². The number of rotatable bonds is 3. The van der Waals surface area contributed by atoms with Crippen LogP contribution in [0.2, 0.25) is 0 Å². The summed E-state index contributed by atoms with van der Waals surface area (Å²) < 4.78 is 5.14. The molecule has 0 aromatic carbocycles. The van der Waals surface area contributed by atoms with Crippen LogP contribution in [0.1, 0.15) is 34.6 Å². The van der Waals surface area contributed by atoms with Crippen molar-refractivity contribution in [1.29, 1.82) is 0 Å². The van der Waals surface area contributed by atoms with Crippen LogP contribution < -0.4 is 5.32 Å². The summed E-state index contributed by atoms with van der Waals surface area (Å²) in [5.74, 6) is -0.0591. The van der Waals surface area contributed by atoms with Crippen LogP contribution in [0.5, 0.6) is 0 Å². The Bertz CT molecular complexity index is 147. The minimum atomic E-state index is -0.169. The van der Waals surface area contributed by atoms with E-state index in [9.17, 15) is 4.79 Å². The number of carbonyl (C=O) groups is 1. The van der Waals surface area contributed by atoms with Gasteiger partial charge in [-0.05, 0) is 34.6 Å².